The molecule has 0 aliphatic carbocycles. The van der Waals surface area contributed by atoms with E-state index in [-0.39, 0.29) is 23.4 Å². The molecule has 0 bridgehead atoms. The van der Waals surface area contributed by atoms with Crippen LogP contribution in [0, 0.1) is 5.41 Å². The molecule has 106 valence electrons. The van der Waals surface area contributed by atoms with Gasteiger partial charge in [-0.25, -0.2) is 0 Å². The molecule has 19 heavy (non-hydrogen) atoms. The van der Waals surface area contributed by atoms with E-state index in [1.54, 1.807) is 0 Å². The summed E-state index contributed by atoms with van der Waals surface area (Å²) in [5, 5.41) is 3.65. The van der Waals surface area contributed by atoms with Gasteiger partial charge in [-0.15, -0.1) is 0 Å². The summed E-state index contributed by atoms with van der Waals surface area (Å²) in [6, 6.07) is 7.27. The van der Waals surface area contributed by atoms with Crippen LogP contribution in [0.5, 0.6) is 0 Å². The minimum Gasteiger partial charge on any atom is -0.350 e. The van der Waals surface area contributed by atoms with Crippen LogP contribution < -0.4 is 11.1 Å². The van der Waals surface area contributed by atoms with E-state index in [1.807, 2.05) is 52.0 Å². The Morgan fingerprint density at radius 2 is 1.84 bits per heavy atom. The summed E-state index contributed by atoms with van der Waals surface area (Å²) in [6.07, 6.45) is 0.335. The van der Waals surface area contributed by atoms with Gasteiger partial charge in [-0.2, -0.15) is 0 Å². The molecule has 0 fully saturated rings. The van der Waals surface area contributed by atoms with Crippen LogP contribution in [0.4, 0.5) is 0 Å². The molecule has 0 saturated heterocycles. The fourth-order valence-electron chi connectivity index (χ4n) is 1.64. The highest BCUT2D eigenvalue weighted by molar-refractivity contribution is 6.30. The number of carbonyl (C=O) groups excluding carboxylic acids is 1. The smallest absolute Gasteiger partial charge is 0.222 e. The molecule has 2 atom stereocenters. The molecule has 1 aromatic rings. The zero-order valence-corrected chi connectivity index (χ0v) is 12.8. The highest BCUT2D eigenvalue weighted by Gasteiger charge is 2.23. The first kappa shape index (κ1) is 16.0. The molecule has 3 N–H and O–H groups in total. The molecular formula is C15H23ClN2O. The van der Waals surface area contributed by atoms with Crippen LogP contribution in [0.3, 0.4) is 0 Å². The van der Waals surface area contributed by atoms with E-state index in [1.165, 1.54) is 0 Å². The van der Waals surface area contributed by atoms with Gasteiger partial charge in [0.1, 0.15) is 0 Å². The third-order valence-electron chi connectivity index (χ3n) is 3.27. The number of hydrogen-bond donors (Lipinski definition) is 2. The van der Waals surface area contributed by atoms with Gasteiger partial charge >= 0.3 is 0 Å². The molecule has 0 saturated carbocycles. The van der Waals surface area contributed by atoms with Crippen molar-refractivity contribution < 1.29 is 4.79 Å². The number of nitrogens with one attached hydrogen (secondary N) is 1. The van der Waals surface area contributed by atoms with E-state index in [0.717, 1.165) is 5.56 Å². The maximum Gasteiger partial charge on any atom is 0.222 e. The van der Waals surface area contributed by atoms with Crippen molar-refractivity contribution in [3.05, 3.63) is 34.9 Å². The third kappa shape index (κ3) is 5.21. The molecule has 2 unspecified atom stereocenters. The third-order valence-corrected chi connectivity index (χ3v) is 3.52. The standard InChI is InChI=1S/C15H23ClN2O/c1-10(11-5-7-12(16)8-6-11)18-14(19)9-13(17)15(2,3)4/h5-8,10,13H,9,17H2,1-4H3,(H,18,19). The lowest BCUT2D eigenvalue weighted by atomic mass is 9.85. The average Bonchev–Trinajstić information content (AvgIpc) is 2.28. The molecule has 1 amide bonds. The zero-order valence-electron chi connectivity index (χ0n) is 12.0. The van der Waals surface area contributed by atoms with Crippen LogP contribution in [-0.4, -0.2) is 11.9 Å². The van der Waals surface area contributed by atoms with E-state index in [2.05, 4.69) is 5.32 Å². The number of benzene rings is 1. The lowest BCUT2D eigenvalue weighted by molar-refractivity contribution is -0.122. The van der Waals surface area contributed by atoms with Gasteiger partial charge in [-0.05, 0) is 30.0 Å². The van der Waals surface area contributed by atoms with Crippen LogP contribution in [0.15, 0.2) is 24.3 Å². The Kier molecular flexibility index (Phi) is 5.39. The van der Waals surface area contributed by atoms with Gasteiger partial charge in [-0.3, -0.25) is 4.79 Å². The van der Waals surface area contributed by atoms with Gasteiger partial charge in [0.15, 0.2) is 0 Å². The fraction of sp³-hybridized carbons (Fsp3) is 0.533. The molecule has 1 rings (SSSR count). The van der Waals surface area contributed by atoms with Gasteiger partial charge in [0, 0.05) is 17.5 Å². The van der Waals surface area contributed by atoms with Crippen molar-refractivity contribution in [3.63, 3.8) is 0 Å². The molecule has 0 aliphatic heterocycles. The molecule has 0 spiro atoms. The van der Waals surface area contributed by atoms with Gasteiger partial charge in [0.2, 0.25) is 5.91 Å². The summed E-state index contributed by atoms with van der Waals surface area (Å²) in [7, 11) is 0. The minimum atomic E-state index is -0.148. The van der Waals surface area contributed by atoms with Gasteiger partial charge in [-0.1, -0.05) is 44.5 Å². The Balaban J connectivity index is 2.55. The van der Waals surface area contributed by atoms with E-state index < -0.39 is 0 Å². The molecule has 0 aliphatic rings. The lowest BCUT2D eigenvalue weighted by Gasteiger charge is -2.27. The monoisotopic (exact) mass is 282 g/mol. The Hall–Kier alpha value is -1.06. The number of halogens is 1. The van der Waals surface area contributed by atoms with Crippen molar-refractivity contribution in [1.82, 2.24) is 5.32 Å². The second kappa shape index (κ2) is 6.40. The van der Waals surface area contributed by atoms with Gasteiger partial charge < -0.3 is 11.1 Å². The summed E-state index contributed by atoms with van der Waals surface area (Å²) in [6.45, 7) is 8.05. The maximum atomic E-state index is 11.9. The summed E-state index contributed by atoms with van der Waals surface area (Å²) in [4.78, 5) is 11.9. The van der Waals surface area contributed by atoms with E-state index >= 15 is 0 Å². The van der Waals surface area contributed by atoms with Crippen molar-refractivity contribution >= 4 is 17.5 Å². The van der Waals surface area contributed by atoms with Crippen molar-refractivity contribution in [2.75, 3.05) is 0 Å². The predicted octanol–water partition coefficient (Wildman–Crippen LogP) is 3.28. The topological polar surface area (TPSA) is 55.1 Å². The normalized spacial score (nSPS) is 14.8. The molecular weight excluding hydrogens is 260 g/mol. The first-order chi connectivity index (χ1) is 8.70. The highest BCUT2D eigenvalue weighted by Crippen LogP contribution is 2.20. The van der Waals surface area contributed by atoms with E-state index in [0.29, 0.717) is 11.4 Å². The summed E-state index contributed by atoms with van der Waals surface area (Å²) in [5.41, 5.74) is 6.97. The molecule has 0 aromatic heterocycles. The average molecular weight is 283 g/mol. The first-order valence-corrected chi connectivity index (χ1v) is 6.88. The number of hydrogen-bond acceptors (Lipinski definition) is 2. The van der Waals surface area contributed by atoms with Gasteiger partial charge in [0.05, 0.1) is 6.04 Å². The van der Waals surface area contributed by atoms with Crippen LogP contribution in [0.1, 0.15) is 45.7 Å². The minimum absolute atomic E-state index is 0.0233. The fourth-order valence-corrected chi connectivity index (χ4v) is 1.77. The summed E-state index contributed by atoms with van der Waals surface area (Å²) < 4.78 is 0. The Morgan fingerprint density at radius 3 is 2.32 bits per heavy atom. The van der Waals surface area contributed by atoms with Crippen LogP contribution in [-0.2, 0) is 4.79 Å². The first-order valence-electron chi connectivity index (χ1n) is 6.50. The Morgan fingerprint density at radius 1 is 1.32 bits per heavy atom. The number of nitrogens with two attached hydrogens (primary N) is 1. The molecule has 3 nitrogen and oxygen atoms in total. The summed E-state index contributed by atoms with van der Waals surface area (Å²) in [5.74, 6) is -0.0233. The number of carbonyl (C=O) groups is 1. The van der Waals surface area contributed by atoms with Crippen molar-refractivity contribution in [2.24, 2.45) is 11.1 Å². The molecule has 0 radical (unpaired) electrons. The maximum absolute atomic E-state index is 11.9. The molecule has 0 heterocycles. The van der Waals surface area contributed by atoms with Gasteiger partial charge in [0.25, 0.3) is 0 Å². The zero-order chi connectivity index (χ0) is 14.6. The predicted molar refractivity (Wildman–Crippen MR) is 80.1 cm³/mol. The molecule has 1 aromatic carbocycles. The quantitative estimate of drug-likeness (QED) is 0.890. The lowest BCUT2D eigenvalue weighted by Crippen LogP contribution is -2.40. The van der Waals surface area contributed by atoms with Crippen molar-refractivity contribution in [2.45, 2.75) is 46.2 Å². The van der Waals surface area contributed by atoms with Crippen LogP contribution in [0.2, 0.25) is 5.02 Å². The summed E-state index contributed by atoms with van der Waals surface area (Å²) >= 11 is 5.84. The van der Waals surface area contributed by atoms with Crippen LogP contribution in [0.25, 0.3) is 0 Å². The Labute approximate surface area is 120 Å². The Bertz CT molecular complexity index is 423. The number of rotatable bonds is 4. The van der Waals surface area contributed by atoms with E-state index in [9.17, 15) is 4.79 Å². The second-order valence-electron chi connectivity index (χ2n) is 6.02. The van der Waals surface area contributed by atoms with Crippen molar-refractivity contribution in [3.8, 4) is 0 Å². The van der Waals surface area contributed by atoms with Crippen molar-refractivity contribution in [1.29, 1.82) is 0 Å². The second-order valence-corrected chi connectivity index (χ2v) is 6.45. The van der Waals surface area contributed by atoms with Crippen LogP contribution >= 0.6 is 11.6 Å². The molecule has 4 heteroatoms. The highest BCUT2D eigenvalue weighted by atomic mass is 35.5. The SMILES string of the molecule is CC(NC(=O)CC(N)C(C)(C)C)c1ccc(Cl)cc1. The number of amides is 1. The largest absolute Gasteiger partial charge is 0.350 e. The van der Waals surface area contributed by atoms with E-state index in [4.69, 9.17) is 17.3 Å².